The van der Waals surface area contributed by atoms with Crippen molar-refractivity contribution in [1.29, 1.82) is 0 Å². The van der Waals surface area contributed by atoms with Crippen molar-refractivity contribution in [1.82, 2.24) is 35.1 Å². The molecule has 6 rings (SSSR count). The number of carbonyl (C=O) groups excluding carboxylic acids is 2. The Morgan fingerprint density at radius 2 is 1.93 bits per heavy atom. The Morgan fingerprint density at radius 1 is 1.10 bits per heavy atom. The molecule has 2 N–H and O–H groups in total. The first-order valence-electron chi connectivity index (χ1n) is 12.7. The van der Waals surface area contributed by atoms with Crippen molar-refractivity contribution in [3.63, 3.8) is 0 Å². The Balaban J connectivity index is 1.29. The topological polar surface area (TPSA) is 122 Å². The summed E-state index contributed by atoms with van der Waals surface area (Å²) in [4.78, 5) is 36.0. The molecule has 5 aromatic rings. The Bertz CT molecular complexity index is 1740. The fraction of sp³-hybridized carbons (Fsp3) is 0.103. The number of amides is 2. The van der Waals surface area contributed by atoms with Gasteiger partial charge in [-0.3, -0.25) is 9.59 Å². The van der Waals surface area contributed by atoms with Gasteiger partial charge >= 0.3 is 0 Å². The number of halogens is 2. The van der Waals surface area contributed by atoms with E-state index in [9.17, 15) is 9.59 Å². The number of carbonyl (C=O) groups is 2. The van der Waals surface area contributed by atoms with E-state index < -0.39 is 17.8 Å². The van der Waals surface area contributed by atoms with E-state index in [2.05, 4.69) is 30.8 Å². The molecular weight excluding hydrogens is 547 g/mol. The number of anilines is 1. The molecule has 0 fully saturated rings. The molecule has 0 unspecified atom stereocenters. The fourth-order valence-electron chi connectivity index (χ4n) is 4.87. The third-order valence-corrected chi connectivity index (χ3v) is 7.13. The zero-order valence-corrected chi connectivity index (χ0v) is 22.2. The van der Waals surface area contributed by atoms with Crippen LogP contribution < -0.4 is 5.32 Å². The highest BCUT2D eigenvalue weighted by Gasteiger charge is 2.35. The van der Waals surface area contributed by atoms with E-state index in [1.165, 1.54) is 34.1 Å². The molecule has 0 spiro atoms. The Morgan fingerprint density at radius 3 is 2.68 bits per heavy atom. The maximum atomic E-state index is 15.0. The molecule has 0 saturated carbocycles. The van der Waals surface area contributed by atoms with Gasteiger partial charge in [-0.05, 0) is 70.4 Å². The van der Waals surface area contributed by atoms with Gasteiger partial charge in [0.2, 0.25) is 5.91 Å². The number of aromatic nitrogens is 6. The van der Waals surface area contributed by atoms with Gasteiger partial charge in [0.15, 0.2) is 5.82 Å². The van der Waals surface area contributed by atoms with Gasteiger partial charge in [0.25, 0.3) is 5.91 Å². The van der Waals surface area contributed by atoms with Crippen LogP contribution in [0, 0.1) is 5.82 Å². The third-order valence-electron chi connectivity index (χ3n) is 6.84. The second-order valence-electron chi connectivity index (χ2n) is 9.27. The number of benzene rings is 3. The first-order valence-corrected chi connectivity index (χ1v) is 13.1. The highest BCUT2D eigenvalue weighted by atomic mass is 35.5. The summed E-state index contributed by atoms with van der Waals surface area (Å²) in [5, 5.41) is 13.8. The Kier molecular flexibility index (Phi) is 7.09. The van der Waals surface area contributed by atoms with Gasteiger partial charge in [-0.15, -0.1) is 5.10 Å². The minimum atomic E-state index is -0.898. The molecule has 3 aromatic carbocycles. The molecule has 0 saturated heterocycles. The highest BCUT2D eigenvalue weighted by Crippen LogP contribution is 2.32. The zero-order chi connectivity index (χ0) is 28.3. The van der Waals surface area contributed by atoms with E-state index in [4.69, 9.17) is 11.6 Å². The number of fused-ring (bicyclic) bond motifs is 1. The summed E-state index contributed by atoms with van der Waals surface area (Å²) in [6, 6.07) is 16.8. The number of imidazole rings is 1. The van der Waals surface area contributed by atoms with Gasteiger partial charge in [-0.1, -0.05) is 35.9 Å². The molecule has 3 heterocycles. The van der Waals surface area contributed by atoms with Gasteiger partial charge in [-0.2, -0.15) is 4.68 Å². The summed E-state index contributed by atoms with van der Waals surface area (Å²) in [5.74, 6) is -0.838. The lowest BCUT2D eigenvalue weighted by Gasteiger charge is -2.35. The molecular formula is C29H22ClFN8O2. The van der Waals surface area contributed by atoms with Crippen molar-refractivity contribution in [2.24, 2.45) is 0 Å². The largest absolute Gasteiger partial charge is 0.345 e. The van der Waals surface area contributed by atoms with Crippen molar-refractivity contribution < 1.29 is 14.0 Å². The van der Waals surface area contributed by atoms with Crippen molar-refractivity contribution in [3.05, 3.63) is 113 Å². The summed E-state index contributed by atoms with van der Waals surface area (Å²) in [7, 11) is 0. The van der Waals surface area contributed by atoms with E-state index in [0.717, 1.165) is 16.7 Å². The normalized spacial score (nSPS) is 14.7. The van der Waals surface area contributed by atoms with Crippen LogP contribution in [0.15, 0.2) is 85.5 Å². The molecule has 12 heteroatoms. The van der Waals surface area contributed by atoms with Crippen LogP contribution in [0.3, 0.4) is 0 Å². The number of hydrogen-bond acceptors (Lipinski definition) is 6. The summed E-state index contributed by atoms with van der Waals surface area (Å²) >= 11 is 6.02. The van der Waals surface area contributed by atoms with Gasteiger partial charge in [0, 0.05) is 41.8 Å². The molecule has 0 radical (unpaired) electrons. The molecule has 10 nitrogen and oxygen atoms in total. The standard InChI is InChI=1S/C29H22ClFN8O2/c30-23-10-11-24(39-17-34-36-37-39)22(26(23)31)9-12-25(40)38-16-13-18-3-1-2-4-21(18)27(38)29(41)35-20-7-5-19(6-8-20)28-32-14-15-33-28/h1-12,14-15,17,27H,13,16H2,(H,32,33)(H,35,41)/t27-/m0/s1. The zero-order valence-electron chi connectivity index (χ0n) is 21.4. The van der Waals surface area contributed by atoms with E-state index in [-0.39, 0.29) is 16.5 Å². The molecule has 1 aliphatic rings. The summed E-state index contributed by atoms with van der Waals surface area (Å²) in [5.41, 5.74) is 3.49. The second kappa shape index (κ2) is 11.1. The van der Waals surface area contributed by atoms with E-state index >= 15 is 4.39 Å². The maximum Gasteiger partial charge on any atom is 0.251 e. The molecule has 41 heavy (non-hydrogen) atoms. The smallest absolute Gasteiger partial charge is 0.251 e. The molecule has 1 aliphatic heterocycles. The molecule has 204 valence electrons. The molecule has 2 aromatic heterocycles. The predicted molar refractivity (Wildman–Crippen MR) is 150 cm³/mol. The maximum absolute atomic E-state index is 15.0. The second-order valence-corrected chi connectivity index (χ2v) is 9.68. The first kappa shape index (κ1) is 26.1. The van der Waals surface area contributed by atoms with E-state index in [1.807, 2.05) is 36.4 Å². The quantitative estimate of drug-likeness (QED) is 0.288. The van der Waals surface area contributed by atoms with E-state index in [0.29, 0.717) is 30.2 Å². The molecule has 0 aliphatic carbocycles. The Hall–Kier alpha value is -5.16. The predicted octanol–water partition coefficient (Wildman–Crippen LogP) is 4.62. The van der Waals surface area contributed by atoms with Gasteiger partial charge in [0.05, 0.1) is 10.7 Å². The van der Waals surface area contributed by atoms with Crippen LogP contribution in [0.2, 0.25) is 5.02 Å². The number of nitrogens with zero attached hydrogens (tertiary/aromatic N) is 6. The number of nitrogens with one attached hydrogen (secondary N) is 2. The van der Waals surface area contributed by atoms with Crippen LogP contribution in [0.5, 0.6) is 0 Å². The van der Waals surface area contributed by atoms with Gasteiger partial charge in [0.1, 0.15) is 18.2 Å². The average Bonchev–Trinajstić information content (AvgIpc) is 3.73. The fourth-order valence-corrected chi connectivity index (χ4v) is 5.03. The monoisotopic (exact) mass is 568 g/mol. The van der Waals surface area contributed by atoms with Crippen LogP contribution in [-0.2, 0) is 16.0 Å². The van der Waals surface area contributed by atoms with Gasteiger partial charge < -0.3 is 15.2 Å². The summed E-state index contributed by atoms with van der Waals surface area (Å²) < 4.78 is 16.3. The molecule has 1 atom stereocenters. The third kappa shape index (κ3) is 5.22. The minimum Gasteiger partial charge on any atom is -0.345 e. The van der Waals surface area contributed by atoms with Crippen molar-refractivity contribution >= 4 is 35.2 Å². The van der Waals surface area contributed by atoms with Crippen LogP contribution in [0.25, 0.3) is 23.2 Å². The number of tetrazole rings is 1. The lowest BCUT2D eigenvalue weighted by Crippen LogP contribution is -2.44. The first-order chi connectivity index (χ1) is 20.0. The van der Waals surface area contributed by atoms with Crippen molar-refractivity contribution in [3.8, 4) is 17.1 Å². The number of hydrogen-bond donors (Lipinski definition) is 2. The average molecular weight is 569 g/mol. The molecule has 2 amide bonds. The molecule has 0 bridgehead atoms. The highest BCUT2D eigenvalue weighted by molar-refractivity contribution is 6.31. The Labute approximate surface area is 238 Å². The van der Waals surface area contributed by atoms with Crippen LogP contribution >= 0.6 is 11.6 Å². The SMILES string of the molecule is O=C(Nc1ccc(-c2ncc[nH]2)cc1)[C@@H]1c2ccccc2CCN1C(=O)C=Cc1c(-n2cnnn2)ccc(Cl)c1F. The van der Waals surface area contributed by atoms with Crippen molar-refractivity contribution in [2.45, 2.75) is 12.5 Å². The summed E-state index contributed by atoms with van der Waals surface area (Å²) in [6.45, 7) is 0.299. The minimum absolute atomic E-state index is 0.0354. The summed E-state index contributed by atoms with van der Waals surface area (Å²) in [6.07, 6.45) is 7.83. The van der Waals surface area contributed by atoms with Crippen LogP contribution in [-0.4, -0.2) is 53.4 Å². The van der Waals surface area contributed by atoms with E-state index in [1.54, 1.807) is 30.6 Å². The lowest BCUT2D eigenvalue weighted by atomic mass is 9.91. The van der Waals surface area contributed by atoms with Crippen LogP contribution in [0.4, 0.5) is 10.1 Å². The van der Waals surface area contributed by atoms with Crippen molar-refractivity contribution in [2.75, 3.05) is 11.9 Å². The van der Waals surface area contributed by atoms with Gasteiger partial charge in [-0.25, -0.2) is 9.37 Å². The lowest BCUT2D eigenvalue weighted by molar-refractivity contribution is -0.135. The number of H-pyrrole nitrogens is 1. The number of rotatable bonds is 6. The van der Waals surface area contributed by atoms with Crippen LogP contribution in [0.1, 0.15) is 22.7 Å². The number of aromatic amines is 1.